The highest BCUT2D eigenvalue weighted by molar-refractivity contribution is 7.18. The van der Waals surface area contributed by atoms with Crippen molar-refractivity contribution in [2.24, 2.45) is 0 Å². The molecule has 0 aliphatic heterocycles. The number of nitrogen functional groups attached to an aromatic ring is 1. The van der Waals surface area contributed by atoms with E-state index in [0.29, 0.717) is 11.5 Å². The highest BCUT2D eigenvalue weighted by atomic mass is 32.1. The quantitative estimate of drug-likeness (QED) is 0.351. The Kier molecular flexibility index (Phi) is 5.85. The number of pyridine rings is 1. The molecular weight excluding hydrogens is 408 g/mol. The van der Waals surface area contributed by atoms with Crippen molar-refractivity contribution >= 4 is 44.6 Å². The number of nitrogens with zero attached hydrogens (tertiary/aromatic N) is 1. The van der Waals surface area contributed by atoms with Crippen LogP contribution in [0.15, 0.2) is 60.1 Å². The standard InChI is InChI=1S/C24H20N4O2S/c1-15-4-2-6-19(12-15)28-24(30)27-18-9-7-16(8-10-18)20-14-31-22-17(5-3-11-29)13-26-23(25)21(20)22/h2,4,6-10,12-14,29H,11H2,1H3,(H2,25,26)(H2,27,28,30). The summed E-state index contributed by atoms with van der Waals surface area (Å²) < 4.78 is 0.934. The lowest BCUT2D eigenvalue weighted by molar-refractivity contribution is 0.262. The molecule has 0 aliphatic carbocycles. The summed E-state index contributed by atoms with van der Waals surface area (Å²) in [6.07, 6.45) is 1.63. The zero-order valence-electron chi connectivity index (χ0n) is 16.8. The van der Waals surface area contributed by atoms with E-state index in [1.165, 1.54) is 11.3 Å². The number of aliphatic hydroxyl groups is 1. The van der Waals surface area contributed by atoms with Crippen LogP contribution in [-0.2, 0) is 0 Å². The van der Waals surface area contributed by atoms with E-state index in [4.69, 9.17) is 10.8 Å². The van der Waals surface area contributed by atoms with E-state index in [2.05, 4.69) is 27.5 Å². The molecule has 0 spiro atoms. The molecule has 0 fully saturated rings. The van der Waals surface area contributed by atoms with Gasteiger partial charge in [0.1, 0.15) is 12.4 Å². The first kappa shape index (κ1) is 20.4. The summed E-state index contributed by atoms with van der Waals surface area (Å²) in [5.74, 6) is 6.01. The van der Waals surface area contributed by atoms with Gasteiger partial charge in [-0.2, -0.15) is 0 Å². The first-order chi connectivity index (χ1) is 15.0. The number of aryl methyl sites for hydroxylation is 1. The summed E-state index contributed by atoms with van der Waals surface area (Å²) in [6, 6.07) is 14.8. The molecule has 31 heavy (non-hydrogen) atoms. The van der Waals surface area contributed by atoms with Gasteiger partial charge in [0.25, 0.3) is 0 Å². The fourth-order valence-corrected chi connectivity index (χ4v) is 4.31. The number of benzene rings is 2. The van der Waals surface area contributed by atoms with Crippen LogP contribution in [0.1, 0.15) is 11.1 Å². The normalized spacial score (nSPS) is 10.4. The summed E-state index contributed by atoms with van der Waals surface area (Å²) in [4.78, 5) is 16.5. The number of urea groups is 1. The third-order valence-electron chi connectivity index (χ3n) is 4.66. The second-order valence-electron chi connectivity index (χ2n) is 6.90. The van der Waals surface area contributed by atoms with Crippen LogP contribution < -0.4 is 16.4 Å². The van der Waals surface area contributed by atoms with Crippen LogP contribution in [0.5, 0.6) is 0 Å². The Balaban J connectivity index is 1.56. The number of carbonyl (C=O) groups is 1. The number of amides is 2. The molecule has 7 heteroatoms. The van der Waals surface area contributed by atoms with Crippen molar-refractivity contribution in [1.82, 2.24) is 4.98 Å². The van der Waals surface area contributed by atoms with E-state index in [0.717, 1.165) is 38.0 Å². The number of hydrogen-bond donors (Lipinski definition) is 4. The molecule has 2 aromatic carbocycles. The number of hydrogen-bond acceptors (Lipinski definition) is 5. The average Bonchev–Trinajstić information content (AvgIpc) is 3.20. The lowest BCUT2D eigenvalue weighted by Crippen LogP contribution is -2.19. The molecule has 4 aromatic rings. The molecule has 0 saturated heterocycles. The van der Waals surface area contributed by atoms with Crippen LogP contribution in [0.25, 0.3) is 21.2 Å². The number of thiophene rings is 1. The molecule has 2 heterocycles. The molecule has 2 amide bonds. The van der Waals surface area contributed by atoms with Crippen molar-refractivity contribution in [3.63, 3.8) is 0 Å². The molecule has 0 aliphatic rings. The summed E-state index contributed by atoms with van der Waals surface area (Å²) in [5, 5.41) is 17.5. The number of aromatic nitrogens is 1. The largest absolute Gasteiger partial charge is 0.384 e. The lowest BCUT2D eigenvalue weighted by atomic mass is 10.0. The van der Waals surface area contributed by atoms with E-state index < -0.39 is 0 Å². The molecule has 0 saturated carbocycles. The summed E-state index contributed by atoms with van der Waals surface area (Å²) in [7, 11) is 0. The van der Waals surface area contributed by atoms with Gasteiger partial charge in [-0.3, -0.25) is 0 Å². The predicted molar refractivity (Wildman–Crippen MR) is 127 cm³/mol. The average molecular weight is 429 g/mol. The predicted octanol–water partition coefficient (Wildman–Crippen LogP) is 4.84. The number of nitrogens with two attached hydrogens (primary N) is 1. The Labute approximate surface area is 183 Å². The van der Waals surface area contributed by atoms with Gasteiger partial charge in [0.2, 0.25) is 0 Å². The first-order valence-corrected chi connectivity index (χ1v) is 10.4. The molecule has 2 aromatic heterocycles. The van der Waals surface area contributed by atoms with Crippen LogP contribution in [0.4, 0.5) is 22.0 Å². The first-order valence-electron chi connectivity index (χ1n) is 9.55. The number of fused-ring (bicyclic) bond motifs is 1. The summed E-state index contributed by atoms with van der Waals surface area (Å²) in [6.45, 7) is 1.76. The van der Waals surface area contributed by atoms with Gasteiger partial charge in [0, 0.05) is 28.5 Å². The Morgan fingerprint density at radius 2 is 1.94 bits per heavy atom. The second kappa shape index (κ2) is 8.88. The van der Waals surface area contributed by atoms with Crippen LogP contribution in [0, 0.1) is 18.8 Å². The van der Waals surface area contributed by atoms with E-state index in [9.17, 15) is 4.79 Å². The molecule has 0 unspecified atom stereocenters. The van der Waals surface area contributed by atoms with E-state index in [-0.39, 0.29) is 12.6 Å². The van der Waals surface area contributed by atoms with Crippen molar-refractivity contribution in [3.05, 3.63) is 71.2 Å². The van der Waals surface area contributed by atoms with Gasteiger partial charge in [-0.15, -0.1) is 11.3 Å². The second-order valence-corrected chi connectivity index (χ2v) is 7.78. The van der Waals surface area contributed by atoms with Gasteiger partial charge in [-0.05, 0) is 47.7 Å². The fourth-order valence-electron chi connectivity index (χ4n) is 3.25. The van der Waals surface area contributed by atoms with Crippen LogP contribution in [0.3, 0.4) is 0 Å². The third kappa shape index (κ3) is 4.51. The Hall–Kier alpha value is -3.86. The number of aliphatic hydroxyl groups excluding tert-OH is 1. The number of carbonyl (C=O) groups excluding carboxylic acids is 1. The lowest BCUT2D eigenvalue weighted by Gasteiger charge is -2.09. The molecule has 0 bridgehead atoms. The molecule has 5 N–H and O–H groups in total. The fraction of sp³-hybridized carbons (Fsp3) is 0.0833. The minimum Gasteiger partial charge on any atom is -0.384 e. The smallest absolute Gasteiger partial charge is 0.323 e. The van der Waals surface area contributed by atoms with Crippen molar-refractivity contribution in [3.8, 4) is 23.0 Å². The van der Waals surface area contributed by atoms with Crippen molar-refractivity contribution in [1.29, 1.82) is 0 Å². The number of nitrogens with one attached hydrogen (secondary N) is 2. The third-order valence-corrected chi connectivity index (χ3v) is 5.67. The van der Waals surface area contributed by atoms with Gasteiger partial charge < -0.3 is 21.5 Å². The van der Waals surface area contributed by atoms with Gasteiger partial charge in [0.15, 0.2) is 0 Å². The SMILES string of the molecule is Cc1cccc(NC(=O)Nc2ccc(-c3csc4c(C#CCO)cnc(N)c34)cc2)c1. The summed E-state index contributed by atoms with van der Waals surface area (Å²) in [5.41, 5.74) is 11.3. The Morgan fingerprint density at radius 1 is 1.16 bits per heavy atom. The minimum absolute atomic E-state index is 0.212. The minimum atomic E-state index is -0.306. The molecular formula is C24H20N4O2S. The highest BCUT2D eigenvalue weighted by Gasteiger charge is 2.13. The zero-order valence-corrected chi connectivity index (χ0v) is 17.6. The van der Waals surface area contributed by atoms with Crippen molar-refractivity contribution < 1.29 is 9.90 Å². The molecule has 154 valence electrons. The maximum Gasteiger partial charge on any atom is 0.323 e. The highest BCUT2D eigenvalue weighted by Crippen LogP contribution is 2.38. The molecule has 0 atom stereocenters. The van der Waals surface area contributed by atoms with Gasteiger partial charge in [-0.25, -0.2) is 9.78 Å². The number of anilines is 3. The van der Waals surface area contributed by atoms with E-state index in [1.807, 2.05) is 60.8 Å². The Bertz CT molecular complexity index is 1320. The van der Waals surface area contributed by atoms with Gasteiger partial charge in [0.05, 0.1) is 10.3 Å². The zero-order chi connectivity index (χ0) is 21.8. The Morgan fingerprint density at radius 3 is 2.68 bits per heavy atom. The topological polar surface area (TPSA) is 100 Å². The van der Waals surface area contributed by atoms with E-state index in [1.54, 1.807) is 6.20 Å². The maximum absolute atomic E-state index is 12.3. The van der Waals surface area contributed by atoms with Crippen LogP contribution in [-0.4, -0.2) is 22.7 Å². The monoisotopic (exact) mass is 428 g/mol. The summed E-state index contributed by atoms with van der Waals surface area (Å²) >= 11 is 1.53. The van der Waals surface area contributed by atoms with Crippen molar-refractivity contribution in [2.45, 2.75) is 6.92 Å². The van der Waals surface area contributed by atoms with Crippen LogP contribution in [0.2, 0.25) is 0 Å². The van der Waals surface area contributed by atoms with Crippen LogP contribution >= 0.6 is 11.3 Å². The van der Waals surface area contributed by atoms with Crippen molar-refractivity contribution in [2.75, 3.05) is 23.0 Å². The molecule has 0 radical (unpaired) electrons. The molecule has 4 rings (SSSR count). The maximum atomic E-state index is 12.3. The van der Waals surface area contributed by atoms with Gasteiger partial charge in [-0.1, -0.05) is 36.1 Å². The van der Waals surface area contributed by atoms with E-state index >= 15 is 0 Å². The number of rotatable bonds is 3. The molecule has 6 nitrogen and oxygen atoms in total. The van der Waals surface area contributed by atoms with Gasteiger partial charge >= 0.3 is 6.03 Å².